The summed E-state index contributed by atoms with van der Waals surface area (Å²) >= 11 is 0. The minimum Gasteiger partial charge on any atom is -0.411 e. The molecule has 0 fully saturated rings. The first-order valence-corrected chi connectivity index (χ1v) is 6.14. The Labute approximate surface area is 115 Å². The second-order valence-corrected chi connectivity index (χ2v) is 4.18. The second kappa shape index (κ2) is 6.46. The van der Waals surface area contributed by atoms with E-state index in [1.807, 2.05) is 13.0 Å². The van der Waals surface area contributed by atoms with Crippen LogP contribution >= 0.6 is 0 Å². The van der Waals surface area contributed by atoms with Crippen molar-refractivity contribution in [3.8, 4) is 5.69 Å². The monoisotopic (exact) mass is 273 g/mol. The Balaban J connectivity index is 2.21. The normalized spacial score (nSPS) is 10.8. The number of oxime groups is 1. The average molecular weight is 273 g/mol. The van der Waals surface area contributed by atoms with Gasteiger partial charge in [0, 0.05) is 19.2 Å². The fourth-order valence-corrected chi connectivity index (χ4v) is 1.75. The van der Waals surface area contributed by atoms with Gasteiger partial charge in [0.25, 0.3) is 5.91 Å². The SMILES string of the molecule is Cc1ccc(-n2nccn2)c(C(=O)NCC/C=N/O)c1. The number of aryl methyl sites for hydroxylation is 1. The number of carbonyl (C=O) groups is 1. The molecule has 20 heavy (non-hydrogen) atoms. The highest BCUT2D eigenvalue weighted by Crippen LogP contribution is 2.14. The van der Waals surface area contributed by atoms with Gasteiger partial charge in [-0.2, -0.15) is 15.0 Å². The molecule has 0 aliphatic heterocycles. The van der Waals surface area contributed by atoms with Gasteiger partial charge >= 0.3 is 0 Å². The number of carbonyl (C=O) groups excluding carboxylic acids is 1. The van der Waals surface area contributed by atoms with Crippen molar-refractivity contribution in [1.29, 1.82) is 0 Å². The van der Waals surface area contributed by atoms with E-state index in [2.05, 4.69) is 20.7 Å². The zero-order valence-electron chi connectivity index (χ0n) is 11.0. The predicted octanol–water partition coefficient (Wildman–Crippen LogP) is 1.16. The van der Waals surface area contributed by atoms with E-state index in [1.165, 1.54) is 11.0 Å². The van der Waals surface area contributed by atoms with Crippen molar-refractivity contribution in [2.24, 2.45) is 5.16 Å². The molecule has 1 aromatic carbocycles. The quantitative estimate of drug-likeness (QED) is 0.370. The van der Waals surface area contributed by atoms with Crippen molar-refractivity contribution in [1.82, 2.24) is 20.3 Å². The van der Waals surface area contributed by atoms with Crippen molar-refractivity contribution >= 4 is 12.1 Å². The Morgan fingerprint density at radius 3 is 2.90 bits per heavy atom. The highest BCUT2D eigenvalue weighted by atomic mass is 16.4. The lowest BCUT2D eigenvalue weighted by Crippen LogP contribution is -2.26. The van der Waals surface area contributed by atoms with Crippen LogP contribution in [0.1, 0.15) is 22.3 Å². The van der Waals surface area contributed by atoms with Crippen LogP contribution in [0.2, 0.25) is 0 Å². The van der Waals surface area contributed by atoms with E-state index in [-0.39, 0.29) is 5.91 Å². The maximum Gasteiger partial charge on any atom is 0.253 e. The summed E-state index contributed by atoms with van der Waals surface area (Å²) in [7, 11) is 0. The number of hydrogen-bond donors (Lipinski definition) is 2. The third-order valence-corrected chi connectivity index (χ3v) is 2.67. The van der Waals surface area contributed by atoms with E-state index >= 15 is 0 Å². The molecule has 0 bridgehead atoms. The summed E-state index contributed by atoms with van der Waals surface area (Å²) in [6, 6.07) is 5.49. The van der Waals surface area contributed by atoms with Gasteiger partial charge in [0.1, 0.15) is 0 Å². The first kappa shape index (κ1) is 13.7. The van der Waals surface area contributed by atoms with E-state index in [1.54, 1.807) is 24.5 Å². The summed E-state index contributed by atoms with van der Waals surface area (Å²) in [4.78, 5) is 13.6. The standard InChI is InChI=1S/C13H15N5O2/c1-10-3-4-12(18-15-7-8-16-18)11(9-10)13(19)14-5-2-6-17-20/h3-4,6-9,20H,2,5H2,1H3,(H,14,19)/b17-6+. The van der Waals surface area contributed by atoms with Gasteiger partial charge in [-0.3, -0.25) is 4.79 Å². The molecule has 7 heteroatoms. The van der Waals surface area contributed by atoms with Crippen molar-refractivity contribution in [3.63, 3.8) is 0 Å². The molecule has 0 saturated heterocycles. The van der Waals surface area contributed by atoms with Crippen molar-refractivity contribution in [3.05, 3.63) is 41.7 Å². The molecular weight excluding hydrogens is 258 g/mol. The van der Waals surface area contributed by atoms with E-state index in [4.69, 9.17) is 5.21 Å². The van der Waals surface area contributed by atoms with E-state index in [9.17, 15) is 4.79 Å². The number of hydrogen-bond acceptors (Lipinski definition) is 5. The van der Waals surface area contributed by atoms with Crippen molar-refractivity contribution < 1.29 is 10.0 Å². The highest BCUT2D eigenvalue weighted by Gasteiger charge is 2.13. The zero-order valence-corrected chi connectivity index (χ0v) is 11.0. The van der Waals surface area contributed by atoms with Gasteiger partial charge in [0.2, 0.25) is 0 Å². The maximum absolute atomic E-state index is 12.2. The first-order valence-electron chi connectivity index (χ1n) is 6.14. The molecule has 1 aromatic heterocycles. The number of nitrogens with one attached hydrogen (secondary N) is 1. The van der Waals surface area contributed by atoms with Crippen LogP contribution in [-0.2, 0) is 0 Å². The number of amides is 1. The molecule has 0 spiro atoms. The third kappa shape index (κ3) is 3.19. The molecule has 0 radical (unpaired) electrons. The smallest absolute Gasteiger partial charge is 0.253 e. The van der Waals surface area contributed by atoms with Crippen LogP contribution in [0.15, 0.2) is 35.7 Å². The lowest BCUT2D eigenvalue weighted by molar-refractivity contribution is 0.0954. The first-order chi connectivity index (χ1) is 9.72. The van der Waals surface area contributed by atoms with Crippen LogP contribution in [0.25, 0.3) is 5.69 Å². The molecule has 1 heterocycles. The van der Waals surface area contributed by atoms with E-state index < -0.39 is 0 Å². The van der Waals surface area contributed by atoms with Crippen LogP contribution in [-0.4, -0.2) is 38.9 Å². The molecule has 0 saturated carbocycles. The molecule has 2 N–H and O–H groups in total. The van der Waals surface area contributed by atoms with Gasteiger partial charge in [0.15, 0.2) is 0 Å². The summed E-state index contributed by atoms with van der Waals surface area (Å²) in [6.45, 7) is 2.30. The molecule has 2 aromatic rings. The maximum atomic E-state index is 12.2. The van der Waals surface area contributed by atoms with Gasteiger partial charge in [-0.05, 0) is 19.1 Å². The van der Waals surface area contributed by atoms with Gasteiger partial charge in [-0.1, -0.05) is 11.6 Å². The highest BCUT2D eigenvalue weighted by molar-refractivity contribution is 5.98. The van der Waals surface area contributed by atoms with Gasteiger partial charge in [-0.25, -0.2) is 0 Å². The summed E-state index contributed by atoms with van der Waals surface area (Å²) in [6.07, 6.45) is 4.90. The Kier molecular flexibility index (Phi) is 4.43. The average Bonchev–Trinajstić information content (AvgIpc) is 2.97. The minimum absolute atomic E-state index is 0.215. The minimum atomic E-state index is -0.215. The lowest BCUT2D eigenvalue weighted by atomic mass is 10.1. The van der Waals surface area contributed by atoms with Crippen LogP contribution in [0.5, 0.6) is 0 Å². The topological polar surface area (TPSA) is 92.4 Å². The molecule has 7 nitrogen and oxygen atoms in total. The molecule has 0 aliphatic carbocycles. The Morgan fingerprint density at radius 2 is 2.20 bits per heavy atom. The van der Waals surface area contributed by atoms with E-state index in [0.717, 1.165) is 5.56 Å². The largest absolute Gasteiger partial charge is 0.411 e. The van der Waals surface area contributed by atoms with E-state index in [0.29, 0.717) is 24.2 Å². The summed E-state index contributed by atoms with van der Waals surface area (Å²) in [5, 5.41) is 22.0. The second-order valence-electron chi connectivity index (χ2n) is 4.18. The van der Waals surface area contributed by atoms with Gasteiger partial charge in [0.05, 0.1) is 23.6 Å². The molecule has 0 atom stereocenters. The fraction of sp³-hybridized carbons (Fsp3) is 0.231. The molecule has 2 rings (SSSR count). The van der Waals surface area contributed by atoms with Gasteiger partial charge in [-0.15, -0.1) is 5.16 Å². The molecule has 0 unspecified atom stereocenters. The lowest BCUT2D eigenvalue weighted by Gasteiger charge is -2.09. The number of aromatic nitrogens is 3. The molecule has 0 aliphatic rings. The third-order valence-electron chi connectivity index (χ3n) is 2.67. The number of nitrogens with zero attached hydrogens (tertiary/aromatic N) is 4. The van der Waals surface area contributed by atoms with Crippen LogP contribution in [0.4, 0.5) is 0 Å². The number of rotatable bonds is 5. The summed E-state index contributed by atoms with van der Waals surface area (Å²) < 4.78 is 0. The molecule has 1 amide bonds. The fourth-order valence-electron chi connectivity index (χ4n) is 1.75. The zero-order chi connectivity index (χ0) is 14.4. The summed E-state index contributed by atoms with van der Waals surface area (Å²) in [5.74, 6) is -0.215. The van der Waals surface area contributed by atoms with Crippen LogP contribution in [0, 0.1) is 6.92 Å². The Morgan fingerprint density at radius 1 is 1.45 bits per heavy atom. The molecule has 104 valence electrons. The summed E-state index contributed by atoms with van der Waals surface area (Å²) in [5.41, 5.74) is 2.10. The van der Waals surface area contributed by atoms with Gasteiger partial charge < -0.3 is 10.5 Å². The van der Waals surface area contributed by atoms with Crippen molar-refractivity contribution in [2.45, 2.75) is 13.3 Å². The van der Waals surface area contributed by atoms with Crippen LogP contribution in [0.3, 0.4) is 0 Å². The number of benzene rings is 1. The van der Waals surface area contributed by atoms with Crippen LogP contribution < -0.4 is 5.32 Å². The molecular formula is C13H15N5O2. The van der Waals surface area contributed by atoms with Crippen molar-refractivity contribution in [2.75, 3.05) is 6.54 Å². The Hall–Kier alpha value is -2.70. The predicted molar refractivity (Wildman–Crippen MR) is 73.3 cm³/mol. The Bertz CT molecular complexity index is 607.